The Labute approximate surface area is 178 Å². The minimum Gasteiger partial charge on any atom is -0.756 e. The topological polar surface area (TPSA) is 84.9 Å². The van der Waals surface area contributed by atoms with Crippen molar-refractivity contribution in [1.29, 1.82) is 0 Å². The van der Waals surface area contributed by atoms with Crippen molar-refractivity contribution in [2.75, 3.05) is 47.5 Å². The first-order chi connectivity index (χ1) is 13.7. The molecule has 1 atom stereocenters. The molecule has 0 aromatic carbocycles. The first-order valence-electron chi connectivity index (χ1n) is 11.2. The summed E-state index contributed by atoms with van der Waals surface area (Å²) >= 11 is 0. The maximum atomic E-state index is 11.7. The van der Waals surface area contributed by atoms with Crippen molar-refractivity contribution in [2.24, 2.45) is 0 Å². The van der Waals surface area contributed by atoms with Crippen LogP contribution in [0.4, 0.5) is 0 Å². The number of rotatable bonds is 20. The summed E-state index contributed by atoms with van der Waals surface area (Å²) in [5, 5.41) is 0. The van der Waals surface area contributed by atoms with Gasteiger partial charge in [-0.3, -0.25) is 9.36 Å². The fourth-order valence-corrected chi connectivity index (χ4v) is 3.45. The standard InChI is InChI=1S/C21H44NO6P/c1-5-6-7-8-9-10-11-12-13-14-15-16-21(23)26-19-20-28-29(24,25)27-18-17-22(2,3)4/h5-20H2,1-4H3. The minimum absolute atomic E-state index is 0.0585. The summed E-state index contributed by atoms with van der Waals surface area (Å²) in [6.45, 7) is 2.54. The molecule has 0 spiro atoms. The molecule has 8 heteroatoms. The number of phosphoric acid groups is 1. The van der Waals surface area contributed by atoms with Crippen molar-refractivity contribution >= 4 is 13.8 Å². The van der Waals surface area contributed by atoms with E-state index in [4.69, 9.17) is 13.8 Å². The van der Waals surface area contributed by atoms with E-state index < -0.39 is 7.82 Å². The number of ether oxygens (including phenoxy) is 1. The molecule has 0 aliphatic heterocycles. The maximum Gasteiger partial charge on any atom is 0.305 e. The van der Waals surface area contributed by atoms with Crippen LogP contribution >= 0.6 is 7.82 Å². The van der Waals surface area contributed by atoms with Gasteiger partial charge in [0, 0.05) is 6.42 Å². The number of nitrogens with zero attached hydrogens (tertiary/aromatic N) is 1. The van der Waals surface area contributed by atoms with Gasteiger partial charge in [-0.1, -0.05) is 71.1 Å². The van der Waals surface area contributed by atoms with Crippen molar-refractivity contribution in [1.82, 2.24) is 0 Å². The summed E-state index contributed by atoms with van der Waals surface area (Å²) in [4.78, 5) is 23.2. The average Bonchev–Trinajstić information content (AvgIpc) is 2.62. The van der Waals surface area contributed by atoms with Gasteiger partial charge in [0.1, 0.15) is 19.8 Å². The van der Waals surface area contributed by atoms with Crippen LogP contribution in [-0.2, 0) is 23.1 Å². The highest BCUT2D eigenvalue weighted by atomic mass is 31.2. The third-order valence-corrected chi connectivity index (χ3v) is 5.59. The average molecular weight is 438 g/mol. The van der Waals surface area contributed by atoms with Crippen molar-refractivity contribution in [2.45, 2.75) is 84.0 Å². The van der Waals surface area contributed by atoms with E-state index >= 15 is 0 Å². The van der Waals surface area contributed by atoms with Gasteiger partial charge in [-0.25, -0.2) is 0 Å². The minimum atomic E-state index is -4.34. The Hall–Kier alpha value is -0.460. The Kier molecular flexibility index (Phi) is 17.0. The Morgan fingerprint density at radius 1 is 0.793 bits per heavy atom. The van der Waals surface area contributed by atoms with Crippen LogP contribution in [-0.4, -0.2) is 58.0 Å². The van der Waals surface area contributed by atoms with Gasteiger partial charge in [0.25, 0.3) is 7.82 Å². The smallest absolute Gasteiger partial charge is 0.305 e. The van der Waals surface area contributed by atoms with E-state index in [-0.39, 0.29) is 25.8 Å². The number of quaternary nitrogens is 1. The molecule has 0 bridgehead atoms. The van der Waals surface area contributed by atoms with Gasteiger partial charge in [0.05, 0.1) is 27.7 Å². The van der Waals surface area contributed by atoms with Crippen LogP contribution in [0.3, 0.4) is 0 Å². The molecule has 0 N–H and O–H groups in total. The Morgan fingerprint density at radius 3 is 1.79 bits per heavy atom. The third-order valence-electron chi connectivity index (χ3n) is 4.59. The molecule has 0 aliphatic rings. The number of phosphoric ester groups is 1. The summed E-state index contributed by atoms with van der Waals surface area (Å²) < 4.78 is 26.7. The molecule has 0 rings (SSSR count). The number of carbonyl (C=O) groups excluding carboxylic acids is 1. The monoisotopic (exact) mass is 437 g/mol. The van der Waals surface area contributed by atoms with Crippen LogP contribution < -0.4 is 4.89 Å². The van der Waals surface area contributed by atoms with Gasteiger partial charge in [0.15, 0.2) is 0 Å². The van der Waals surface area contributed by atoms with Crippen LogP contribution in [0, 0.1) is 0 Å². The number of likely N-dealkylation sites (N-methyl/N-ethyl adjacent to an activating group) is 1. The van der Waals surface area contributed by atoms with E-state index in [0.29, 0.717) is 17.4 Å². The molecule has 1 unspecified atom stereocenters. The van der Waals surface area contributed by atoms with Crippen molar-refractivity contribution in [3.8, 4) is 0 Å². The molecule has 0 amide bonds. The van der Waals surface area contributed by atoms with E-state index in [2.05, 4.69) is 6.92 Å². The molecular weight excluding hydrogens is 393 g/mol. The number of unbranched alkanes of at least 4 members (excludes halogenated alkanes) is 10. The second-order valence-corrected chi connectivity index (χ2v) is 10.0. The van der Waals surface area contributed by atoms with E-state index in [9.17, 15) is 14.3 Å². The van der Waals surface area contributed by atoms with E-state index in [0.717, 1.165) is 19.3 Å². The van der Waals surface area contributed by atoms with Crippen LogP contribution in [0.2, 0.25) is 0 Å². The van der Waals surface area contributed by atoms with Crippen LogP contribution in [0.15, 0.2) is 0 Å². The summed E-state index contributed by atoms with van der Waals surface area (Å²) in [6, 6.07) is 0. The predicted molar refractivity (Wildman–Crippen MR) is 114 cm³/mol. The summed E-state index contributed by atoms with van der Waals surface area (Å²) in [6.07, 6.45) is 13.9. The highest BCUT2D eigenvalue weighted by Gasteiger charge is 2.13. The molecule has 174 valence electrons. The molecule has 0 heterocycles. The van der Waals surface area contributed by atoms with E-state index in [1.54, 1.807) is 0 Å². The molecule has 0 radical (unpaired) electrons. The van der Waals surface area contributed by atoms with Gasteiger partial charge in [-0.15, -0.1) is 0 Å². The molecule has 0 saturated carbocycles. The maximum absolute atomic E-state index is 11.7. The van der Waals surface area contributed by atoms with Gasteiger partial charge in [-0.05, 0) is 6.42 Å². The molecule has 7 nitrogen and oxygen atoms in total. The third kappa shape index (κ3) is 22.1. The molecule has 0 saturated heterocycles. The second-order valence-electron chi connectivity index (χ2n) is 8.63. The first-order valence-corrected chi connectivity index (χ1v) is 12.7. The Balaban J connectivity index is 3.48. The zero-order valence-electron chi connectivity index (χ0n) is 19.2. The van der Waals surface area contributed by atoms with Gasteiger partial charge in [-0.2, -0.15) is 0 Å². The second kappa shape index (κ2) is 17.2. The molecule has 0 aromatic rings. The number of hydrogen-bond acceptors (Lipinski definition) is 6. The Bertz CT molecular complexity index is 453. The summed E-state index contributed by atoms with van der Waals surface area (Å²) in [7, 11) is 1.48. The van der Waals surface area contributed by atoms with Crippen molar-refractivity contribution in [3.05, 3.63) is 0 Å². The fourth-order valence-electron chi connectivity index (χ4n) is 2.77. The fraction of sp³-hybridized carbons (Fsp3) is 0.952. The summed E-state index contributed by atoms with van der Waals surface area (Å²) in [5.74, 6) is -0.309. The lowest BCUT2D eigenvalue weighted by molar-refractivity contribution is -0.870. The molecule has 0 aliphatic carbocycles. The lowest BCUT2D eigenvalue weighted by atomic mass is 10.1. The normalized spacial score (nSPS) is 14.0. The van der Waals surface area contributed by atoms with Gasteiger partial charge < -0.3 is 23.2 Å². The number of esters is 1. The molecular formula is C21H44NO6P. The summed E-state index contributed by atoms with van der Waals surface area (Å²) in [5.41, 5.74) is 0. The van der Waals surface area contributed by atoms with E-state index in [1.807, 2.05) is 21.1 Å². The zero-order valence-corrected chi connectivity index (χ0v) is 20.1. The van der Waals surface area contributed by atoms with Crippen LogP contribution in [0.25, 0.3) is 0 Å². The molecule has 0 fully saturated rings. The van der Waals surface area contributed by atoms with Crippen molar-refractivity contribution in [3.63, 3.8) is 0 Å². The van der Waals surface area contributed by atoms with Gasteiger partial charge in [0.2, 0.25) is 0 Å². The largest absolute Gasteiger partial charge is 0.756 e. The first kappa shape index (κ1) is 28.5. The molecule has 0 aromatic heterocycles. The highest BCUT2D eigenvalue weighted by molar-refractivity contribution is 7.45. The lowest BCUT2D eigenvalue weighted by Crippen LogP contribution is -2.37. The van der Waals surface area contributed by atoms with E-state index in [1.165, 1.54) is 51.4 Å². The lowest BCUT2D eigenvalue weighted by Gasteiger charge is -2.27. The molecule has 29 heavy (non-hydrogen) atoms. The number of carbonyl (C=O) groups is 1. The SMILES string of the molecule is CCCCCCCCCCCCCC(=O)OCCOP(=O)([O-])OCC[N+](C)(C)C. The Morgan fingerprint density at radius 2 is 1.28 bits per heavy atom. The van der Waals surface area contributed by atoms with Gasteiger partial charge >= 0.3 is 5.97 Å². The zero-order chi connectivity index (χ0) is 22.0. The predicted octanol–water partition coefficient (Wildman–Crippen LogP) is 4.44. The van der Waals surface area contributed by atoms with Crippen LogP contribution in [0.5, 0.6) is 0 Å². The quantitative estimate of drug-likeness (QED) is 0.121. The highest BCUT2D eigenvalue weighted by Crippen LogP contribution is 2.37. The van der Waals surface area contributed by atoms with Crippen LogP contribution in [0.1, 0.15) is 84.0 Å². The van der Waals surface area contributed by atoms with Crippen molar-refractivity contribution < 1.29 is 32.5 Å². The number of hydrogen-bond donors (Lipinski definition) is 0.